The molecule has 2 heterocycles. The summed E-state index contributed by atoms with van der Waals surface area (Å²) in [6.45, 7) is 5.03. The molecule has 0 aromatic rings. The van der Waals surface area contributed by atoms with Crippen molar-refractivity contribution < 1.29 is 48.2 Å². The lowest BCUT2D eigenvalue weighted by Gasteiger charge is -2.42. The highest BCUT2D eigenvalue weighted by atomic mass is 16.8. The van der Waals surface area contributed by atoms with Crippen molar-refractivity contribution in [2.75, 3.05) is 73.2 Å². The van der Waals surface area contributed by atoms with Gasteiger partial charge in [0.05, 0.1) is 66.1 Å². The van der Waals surface area contributed by atoms with E-state index in [-0.39, 0.29) is 25.7 Å². The Morgan fingerprint density at radius 2 is 1.55 bits per heavy atom. The monoisotopic (exact) mass is 423 g/mol. The first-order valence-corrected chi connectivity index (χ1v) is 9.73. The van der Waals surface area contributed by atoms with Gasteiger partial charge in [-0.25, -0.2) is 0 Å². The second kappa shape index (κ2) is 12.7. The van der Waals surface area contributed by atoms with Crippen LogP contribution in [0.25, 0.3) is 0 Å². The number of hydrogen-bond donors (Lipinski definition) is 3. The Morgan fingerprint density at radius 1 is 1.00 bits per heavy atom. The molecule has 3 N–H and O–H groups in total. The van der Waals surface area contributed by atoms with Crippen LogP contribution in [0.3, 0.4) is 0 Å². The molecule has 0 aromatic heterocycles. The Morgan fingerprint density at radius 3 is 2.10 bits per heavy atom. The predicted octanol–water partition coefficient (Wildman–Crippen LogP) is -1.95. The van der Waals surface area contributed by atoms with Crippen molar-refractivity contribution >= 4 is 5.91 Å². The van der Waals surface area contributed by atoms with Crippen LogP contribution in [-0.4, -0.2) is 119 Å². The van der Waals surface area contributed by atoms with Gasteiger partial charge in [0.25, 0.3) is 0 Å². The molecule has 5 atom stereocenters. The minimum absolute atomic E-state index is 0.0349. The van der Waals surface area contributed by atoms with E-state index in [1.54, 1.807) is 7.11 Å². The number of fused-ring (bicyclic) bond motifs is 2. The standard InChI is InChI=1S/C18H33NO10/c1-13(20)19-14-15(21)16(22)18(12-28-17(14)29-18)11-27-10-9-26-8-7-25-6-5-24-4-3-23-2/h14-17,21-22H,3-12H2,1-2H3,(H,19,20)/t14-,15-,16-,17+,18+/m1/s1. The highest BCUT2D eigenvalue weighted by Crippen LogP contribution is 2.37. The van der Waals surface area contributed by atoms with E-state index < -0.39 is 30.1 Å². The summed E-state index contributed by atoms with van der Waals surface area (Å²) in [5.74, 6) is -0.344. The van der Waals surface area contributed by atoms with E-state index in [9.17, 15) is 15.0 Å². The number of ether oxygens (including phenoxy) is 7. The van der Waals surface area contributed by atoms with Gasteiger partial charge in [-0.3, -0.25) is 4.79 Å². The molecule has 2 bridgehead atoms. The summed E-state index contributed by atoms with van der Waals surface area (Å²) in [4.78, 5) is 11.3. The lowest BCUT2D eigenvalue weighted by molar-refractivity contribution is -0.238. The van der Waals surface area contributed by atoms with E-state index in [1.807, 2.05) is 0 Å². The molecule has 0 unspecified atom stereocenters. The quantitative estimate of drug-likeness (QED) is 0.255. The summed E-state index contributed by atoms with van der Waals surface area (Å²) in [7, 11) is 1.62. The Balaban J connectivity index is 1.53. The summed E-state index contributed by atoms with van der Waals surface area (Å²) in [6, 6.07) is -0.827. The molecule has 2 saturated heterocycles. The topological polar surface area (TPSA) is 134 Å². The van der Waals surface area contributed by atoms with Crippen LogP contribution in [-0.2, 0) is 38.0 Å². The molecule has 11 nitrogen and oxygen atoms in total. The number of nitrogens with one attached hydrogen (secondary N) is 1. The van der Waals surface area contributed by atoms with Gasteiger partial charge in [0, 0.05) is 14.0 Å². The smallest absolute Gasteiger partial charge is 0.217 e. The van der Waals surface area contributed by atoms with Crippen molar-refractivity contribution in [2.45, 2.75) is 37.1 Å². The van der Waals surface area contributed by atoms with Crippen molar-refractivity contribution in [3.8, 4) is 0 Å². The van der Waals surface area contributed by atoms with E-state index in [0.29, 0.717) is 46.2 Å². The fraction of sp³-hybridized carbons (Fsp3) is 0.944. The lowest BCUT2D eigenvalue weighted by Crippen LogP contribution is -2.66. The Bertz CT molecular complexity index is 482. The fourth-order valence-electron chi connectivity index (χ4n) is 3.12. The third-order valence-electron chi connectivity index (χ3n) is 4.63. The molecule has 2 rings (SSSR count). The van der Waals surface area contributed by atoms with E-state index in [2.05, 4.69) is 5.32 Å². The third-order valence-corrected chi connectivity index (χ3v) is 4.63. The molecule has 1 amide bonds. The highest BCUT2D eigenvalue weighted by Gasteiger charge is 2.59. The molecule has 2 fully saturated rings. The zero-order chi connectivity index (χ0) is 21.1. The summed E-state index contributed by atoms with van der Waals surface area (Å²) in [6.07, 6.45) is -3.29. The first-order chi connectivity index (χ1) is 14.0. The SMILES string of the molecule is COCCOCCOCCOCCOC[C@@]12CO[C@@H](O1)[C@H](NC(C)=O)[C@@H](O)[C@H]2O. The molecule has 0 aliphatic carbocycles. The maximum atomic E-state index is 11.3. The second-order valence-corrected chi connectivity index (χ2v) is 6.91. The minimum Gasteiger partial charge on any atom is -0.388 e. The van der Waals surface area contributed by atoms with E-state index in [4.69, 9.17) is 33.2 Å². The molecule has 0 saturated carbocycles. The van der Waals surface area contributed by atoms with Crippen LogP contribution < -0.4 is 5.32 Å². The van der Waals surface area contributed by atoms with Gasteiger partial charge in [-0.1, -0.05) is 0 Å². The van der Waals surface area contributed by atoms with Crippen molar-refractivity contribution in [3.63, 3.8) is 0 Å². The van der Waals surface area contributed by atoms with E-state index in [0.717, 1.165) is 0 Å². The number of aliphatic hydroxyl groups excluding tert-OH is 2. The summed E-state index contributed by atoms with van der Waals surface area (Å²) in [5.41, 5.74) is -1.16. The largest absolute Gasteiger partial charge is 0.388 e. The lowest BCUT2D eigenvalue weighted by atomic mass is 9.88. The van der Waals surface area contributed by atoms with Crippen LogP contribution in [0.5, 0.6) is 0 Å². The van der Waals surface area contributed by atoms with Crippen molar-refractivity contribution in [1.82, 2.24) is 5.32 Å². The van der Waals surface area contributed by atoms with E-state index >= 15 is 0 Å². The van der Waals surface area contributed by atoms with Gasteiger partial charge in [0.15, 0.2) is 6.29 Å². The normalized spacial score (nSPS) is 31.2. The Kier molecular flexibility index (Phi) is 10.7. The second-order valence-electron chi connectivity index (χ2n) is 6.91. The Hall–Kier alpha value is -0.890. The van der Waals surface area contributed by atoms with Gasteiger partial charge in [0.1, 0.15) is 23.9 Å². The van der Waals surface area contributed by atoms with Crippen molar-refractivity contribution in [1.29, 1.82) is 0 Å². The van der Waals surface area contributed by atoms with Crippen molar-refractivity contribution in [2.24, 2.45) is 0 Å². The number of methoxy groups -OCH3 is 1. The van der Waals surface area contributed by atoms with Crippen LogP contribution >= 0.6 is 0 Å². The number of carbonyl (C=O) groups excluding carboxylic acids is 1. The Labute approximate surface area is 170 Å². The molecule has 11 heteroatoms. The molecule has 2 aliphatic heterocycles. The molecule has 29 heavy (non-hydrogen) atoms. The number of carbonyl (C=O) groups is 1. The van der Waals surface area contributed by atoms with Crippen LogP contribution in [0.1, 0.15) is 6.92 Å². The van der Waals surface area contributed by atoms with Gasteiger partial charge in [0.2, 0.25) is 5.91 Å². The molecular formula is C18H33NO10. The number of rotatable bonds is 15. The summed E-state index contributed by atoms with van der Waals surface area (Å²) < 4.78 is 37.7. The summed E-state index contributed by atoms with van der Waals surface area (Å²) >= 11 is 0. The van der Waals surface area contributed by atoms with Crippen molar-refractivity contribution in [3.05, 3.63) is 0 Å². The maximum Gasteiger partial charge on any atom is 0.217 e. The molecule has 0 spiro atoms. The fourth-order valence-corrected chi connectivity index (χ4v) is 3.12. The molecule has 170 valence electrons. The van der Waals surface area contributed by atoms with Gasteiger partial charge in [-0.05, 0) is 0 Å². The average Bonchev–Trinajstić information content (AvgIpc) is 3.10. The first-order valence-electron chi connectivity index (χ1n) is 9.73. The van der Waals surface area contributed by atoms with Crippen LogP contribution in [0.15, 0.2) is 0 Å². The molecule has 0 radical (unpaired) electrons. The summed E-state index contributed by atoms with van der Waals surface area (Å²) in [5, 5.41) is 23.3. The van der Waals surface area contributed by atoms with Gasteiger partial charge >= 0.3 is 0 Å². The zero-order valence-corrected chi connectivity index (χ0v) is 17.0. The van der Waals surface area contributed by atoms with Crippen LogP contribution in [0.2, 0.25) is 0 Å². The zero-order valence-electron chi connectivity index (χ0n) is 17.0. The number of aliphatic hydroxyl groups is 2. The predicted molar refractivity (Wildman–Crippen MR) is 98.3 cm³/mol. The van der Waals surface area contributed by atoms with Gasteiger partial charge in [-0.15, -0.1) is 0 Å². The molecule has 2 aliphatic rings. The number of hydrogen-bond acceptors (Lipinski definition) is 10. The van der Waals surface area contributed by atoms with Crippen LogP contribution in [0.4, 0.5) is 0 Å². The third kappa shape index (κ3) is 7.39. The van der Waals surface area contributed by atoms with Crippen LogP contribution in [0, 0.1) is 0 Å². The molecular weight excluding hydrogens is 390 g/mol. The molecule has 0 aromatic carbocycles. The average molecular weight is 423 g/mol. The number of amides is 1. The maximum absolute atomic E-state index is 11.3. The highest BCUT2D eigenvalue weighted by molar-refractivity contribution is 5.73. The van der Waals surface area contributed by atoms with Gasteiger partial charge in [-0.2, -0.15) is 0 Å². The van der Waals surface area contributed by atoms with Gasteiger partial charge < -0.3 is 48.7 Å². The van der Waals surface area contributed by atoms with E-state index in [1.165, 1.54) is 6.92 Å². The first kappa shape index (κ1) is 24.4. The minimum atomic E-state index is -1.25.